The molecule has 0 aliphatic carbocycles. The largest absolute Gasteiger partial charge is 0.454 e. The molecule has 5 rings (SSSR count). The number of aryl methyl sites for hydroxylation is 2. The zero-order valence-electron chi connectivity index (χ0n) is 18.6. The van der Waals surface area contributed by atoms with Gasteiger partial charge in [-0.3, -0.25) is 14.2 Å². The number of rotatable bonds is 6. The van der Waals surface area contributed by atoms with E-state index in [0.717, 1.165) is 22.4 Å². The Hall–Kier alpha value is -3.92. The van der Waals surface area contributed by atoms with Crippen molar-refractivity contribution in [2.45, 2.75) is 25.5 Å². The van der Waals surface area contributed by atoms with Crippen molar-refractivity contribution in [2.24, 2.45) is 0 Å². The van der Waals surface area contributed by atoms with Crippen LogP contribution < -0.4 is 20.3 Å². The van der Waals surface area contributed by atoms with E-state index < -0.39 is 0 Å². The number of aromatic nitrogens is 4. The molecule has 9 nitrogen and oxygen atoms in total. The minimum atomic E-state index is -0.326. The molecule has 0 saturated carbocycles. The van der Waals surface area contributed by atoms with Crippen molar-refractivity contribution in [1.82, 2.24) is 19.5 Å². The van der Waals surface area contributed by atoms with E-state index in [9.17, 15) is 9.59 Å². The summed E-state index contributed by atoms with van der Waals surface area (Å²) in [6.07, 6.45) is 2.94. The van der Waals surface area contributed by atoms with E-state index in [2.05, 4.69) is 20.3 Å². The van der Waals surface area contributed by atoms with Crippen LogP contribution in [-0.2, 0) is 11.3 Å². The first kappa shape index (κ1) is 21.9. The lowest BCUT2D eigenvalue weighted by Gasteiger charge is -2.13. The second-order valence-corrected chi connectivity index (χ2v) is 8.80. The third kappa shape index (κ3) is 4.44. The monoisotopic (exact) mass is 475 g/mol. The Balaban J connectivity index is 1.42. The van der Waals surface area contributed by atoms with Gasteiger partial charge in [0.25, 0.3) is 5.56 Å². The van der Waals surface area contributed by atoms with E-state index in [0.29, 0.717) is 16.7 Å². The summed E-state index contributed by atoms with van der Waals surface area (Å²) in [5.41, 5.74) is 3.78. The van der Waals surface area contributed by atoms with Crippen LogP contribution in [0.2, 0.25) is 0 Å². The highest BCUT2D eigenvalue weighted by molar-refractivity contribution is 7.99. The maximum Gasteiger partial charge on any atom is 0.282 e. The Labute approximate surface area is 199 Å². The van der Waals surface area contributed by atoms with Gasteiger partial charge in [0.15, 0.2) is 27.8 Å². The van der Waals surface area contributed by atoms with E-state index in [-0.39, 0.29) is 41.7 Å². The first-order chi connectivity index (χ1) is 16.5. The zero-order valence-corrected chi connectivity index (χ0v) is 19.4. The Kier molecular flexibility index (Phi) is 5.89. The van der Waals surface area contributed by atoms with Gasteiger partial charge in [0, 0.05) is 18.1 Å². The van der Waals surface area contributed by atoms with Gasteiger partial charge in [-0.15, -0.1) is 0 Å². The first-order valence-electron chi connectivity index (χ1n) is 10.6. The molecule has 0 unspecified atom stereocenters. The lowest BCUT2D eigenvalue weighted by molar-refractivity contribution is -0.113. The average Bonchev–Trinajstić information content (AvgIpc) is 3.30. The molecule has 3 heterocycles. The van der Waals surface area contributed by atoms with E-state index in [1.54, 1.807) is 6.07 Å². The number of ether oxygens (including phenoxy) is 2. The highest BCUT2D eigenvalue weighted by Crippen LogP contribution is 2.33. The summed E-state index contributed by atoms with van der Waals surface area (Å²) in [6, 6.07) is 11.3. The second kappa shape index (κ2) is 9.14. The van der Waals surface area contributed by atoms with Gasteiger partial charge in [-0.1, -0.05) is 35.5 Å². The van der Waals surface area contributed by atoms with Gasteiger partial charge < -0.3 is 14.8 Å². The van der Waals surface area contributed by atoms with Crippen LogP contribution in [0.1, 0.15) is 16.7 Å². The molecule has 2 aromatic heterocycles. The summed E-state index contributed by atoms with van der Waals surface area (Å²) in [4.78, 5) is 38.8. The number of nitrogens with one attached hydrogen (secondary N) is 1. The van der Waals surface area contributed by atoms with Crippen molar-refractivity contribution < 1.29 is 14.3 Å². The molecule has 1 aliphatic heterocycles. The predicted octanol–water partition coefficient (Wildman–Crippen LogP) is 3.31. The van der Waals surface area contributed by atoms with Crippen molar-refractivity contribution in [1.29, 1.82) is 0 Å². The quantitative estimate of drug-likeness (QED) is 0.334. The summed E-state index contributed by atoms with van der Waals surface area (Å²) in [5.74, 6) is 1.17. The third-order valence-electron chi connectivity index (χ3n) is 5.33. The number of thioether (sulfide) groups is 1. The predicted molar refractivity (Wildman–Crippen MR) is 129 cm³/mol. The van der Waals surface area contributed by atoms with E-state index in [1.165, 1.54) is 28.7 Å². The summed E-state index contributed by atoms with van der Waals surface area (Å²) < 4.78 is 12.3. The van der Waals surface area contributed by atoms with Gasteiger partial charge in [-0.25, -0.2) is 15.0 Å². The Morgan fingerprint density at radius 2 is 1.91 bits per heavy atom. The fraction of sp³-hybridized carbons (Fsp3) is 0.208. The van der Waals surface area contributed by atoms with Gasteiger partial charge in [0.05, 0.1) is 12.3 Å². The van der Waals surface area contributed by atoms with Crippen LogP contribution in [0.15, 0.2) is 58.7 Å². The molecule has 0 atom stereocenters. The number of hydrogen-bond acceptors (Lipinski definition) is 8. The normalized spacial score (nSPS) is 12.2. The molecule has 0 spiro atoms. The molecule has 0 radical (unpaired) electrons. The molecule has 1 amide bonds. The lowest BCUT2D eigenvalue weighted by Crippen LogP contribution is -2.26. The van der Waals surface area contributed by atoms with Crippen LogP contribution in [0.3, 0.4) is 0 Å². The molecule has 0 bridgehead atoms. The first-order valence-corrected chi connectivity index (χ1v) is 11.6. The molecule has 0 saturated heterocycles. The van der Waals surface area contributed by atoms with Crippen molar-refractivity contribution in [3.63, 3.8) is 0 Å². The number of carbonyl (C=O) groups excluding carboxylic acids is 1. The second-order valence-electron chi connectivity index (χ2n) is 7.86. The van der Waals surface area contributed by atoms with Crippen LogP contribution in [0.4, 0.5) is 5.69 Å². The maximum absolute atomic E-state index is 13.3. The Morgan fingerprint density at radius 3 is 2.76 bits per heavy atom. The minimum absolute atomic E-state index is 0.0761. The third-order valence-corrected chi connectivity index (χ3v) is 6.30. The van der Waals surface area contributed by atoms with Gasteiger partial charge in [0.1, 0.15) is 0 Å². The topological polar surface area (TPSA) is 108 Å². The van der Waals surface area contributed by atoms with Gasteiger partial charge in [-0.2, -0.15) is 0 Å². The summed E-state index contributed by atoms with van der Waals surface area (Å²) >= 11 is 1.17. The van der Waals surface area contributed by atoms with Crippen molar-refractivity contribution in [3.05, 3.63) is 75.8 Å². The standard InChI is InChI=1S/C24H21N5O4S/c1-14-3-5-17(15(2)9-14)27-20(30)12-34-24-28-22-21(25-7-8-26-22)23(31)29(24)11-16-4-6-18-19(10-16)33-13-32-18/h3-10H,11-13H2,1-2H3,(H,27,30). The molecule has 172 valence electrons. The number of anilines is 1. The van der Waals surface area contributed by atoms with Crippen LogP contribution in [0.5, 0.6) is 11.5 Å². The lowest BCUT2D eigenvalue weighted by atomic mass is 10.1. The van der Waals surface area contributed by atoms with Gasteiger partial charge >= 0.3 is 0 Å². The molecular formula is C24H21N5O4S. The highest BCUT2D eigenvalue weighted by Gasteiger charge is 2.18. The van der Waals surface area contributed by atoms with Crippen LogP contribution in [0, 0.1) is 13.8 Å². The number of hydrogen-bond donors (Lipinski definition) is 1. The highest BCUT2D eigenvalue weighted by atomic mass is 32.2. The molecule has 34 heavy (non-hydrogen) atoms. The minimum Gasteiger partial charge on any atom is -0.454 e. The zero-order chi connectivity index (χ0) is 23.7. The molecule has 1 aliphatic rings. The maximum atomic E-state index is 13.3. The number of fused-ring (bicyclic) bond motifs is 2. The van der Waals surface area contributed by atoms with E-state index in [1.807, 2.05) is 44.2 Å². The Morgan fingerprint density at radius 1 is 1.09 bits per heavy atom. The summed E-state index contributed by atoms with van der Waals surface area (Å²) in [7, 11) is 0. The number of benzene rings is 2. The van der Waals surface area contributed by atoms with Crippen molar-refractivity contribution in [3.8, 4) is 11.5 Å². The molecule has 10 heteroatoms. The fourth-order valence-electron chi connectivity index (χ4n) is 3.67. The van der Waals surface area contributed by atoms with Gasteiger partial charge in [0.2, 0.25) is 12.7 Å². The van der Waals surface area contributed by atoms with E-state index in [4.69, 9.17) is 9.47 Å². The number of carbonyl (C=O) groups is 1. The molecule has 2 aromatic carbocycles. The number of nitrogens with zero attached hydrogens (tertiary/aromatic N) is 4. The fourth-order valence-corrected chi connectivity index (χ4v) is 4.46. The van der Waals surface area contributed by atoms with Gasteiger partial charge in [-0.05, 0) is 43.2 Å². The Bertz CT molecular complexity index is 1470. The van der Waals surface area contributed by atoms with Crippen LogP contribution >= 0.6 is 11.8 Å². The molecule has 1 N–H and O–H groups in total. The SMILES string of the molecule is Cc1ccc(NC(=O)CSc2nc3nccnc3c(=O)n2Cc2ccc3c(c2)OCO3)c(C)c1. The number of amides is 1. The summed E-state index contributed by atoms with van der Waals surface area (Å²) in [5, 5.41) is 3.30. The molecule has 0 fully saturated rings. The van der Waals surface area contributed by atoms with Crippen LogP contribution in [0.25, 0.3) is 11.2 Å². The van der Waals surface area contributed by atoms with Crippen molar-refractivity contribution in [2.75, 3.05) is 17.9 Å². The van der Waals surface area contributed by atoms with Crippen LogP contribution in [-0.4, -0.2) is 38.0 Å². The summed E-state index contributed by atoms with van der Waals surface area (Å²) in [6.45, 7) is 4.35. The van der Waals surface area contributed by atoms with Crippen molar-refractivity contribution >= 4 is 34.5 Å². The molecular weight excluding hydrogens is 454 g/mol. The average molecular weight is 476 g/mol. The molecule has 4 aromatic rings. The van der Waals surface area contributed by atoms with E-state index >= 15 is 0 Å². The smallest absolute Gasteiger partial charge is 0.282 e.